The highest BCUT2D eigenvalue weighted by Crippen LogP contribution is 2.39. The first-order chi connectivity index (χ1) is 19.5. The van der Waals surface area contributed by atoms with Crippen molar-refractivity contribution in [3.63, 3.8) is 0 Å². The van der Waals surface area contributed by atoms with E-state index >= 15 is 0 Å². The predicted molar refractivity (Wildman–Crippen MR) is 148 cm³/mol. The third-order valence-corrected chi connectivity index (χ3v) is 7.35. The van der Waals surface area contributed by atoms with E-state index < -0.39 is 12.1 Å². The third-order valence-electron chi connectivity index (χ3n) is 7.35. The number of aryl methyl sites for hydroxylation is 1. The summed E-state index contributed by atoms with van der Waals surface area (Å²) in [5.41, 5.74) is 3.86. The summed E-state index contributed by atoms with van der Waals surface area (Å²) in [6, 6.07) is 18.9. The summed E-state index contributed by atoms with van der Waals surface area (Å²) in [5.74, 6) is 0.676. The lowest BCUT2D eigenvalue weighted by molar-refractivity contribution is 0.0322. The van der Waals surface area contributed by atoms with E-state index in [0.29, 0.717) is 12.4 Å². The molecule has 0 spiro atoms. The van der Waals surface area contributed by atoms with Crippen molar-refractivity contribution in [2.24, 2.45) is 0 Å². The zero-order chi connectivity index (χ0) is 27.5. The average molecular weight is 543 g/mol. The minimum absolute atomic E-state index is 0.0858. The van der Waals surface area contributed by atoms with Crippen LogP contribution in [0.5, 0.6) is 5.75 Å². The number of amides is 1. The van der Waals surface area contributed by atoms with Gasteiger partial charge in [-0.2, -0.15) is 0 Å². The van der Waals surface area contributed by atoms with Gasteiger partial charge in [0.25, 0.3) is 5.91 Å². The number of anilines is 1. The average Bonchev–Trinajstić information content (AvgIpc) is 3.56. The second-order valence-corrected chi connectivity index (χ2v) is 10.0. The number of fused-ring (bicyclic) bond motifs is 1. The SMILES string of the molecule is Cc1ccc(OCCN2CCOCC2)cc1-c1ccnc(NC(=O)c2nc3n(n2)[C@@H](c2ccccc2)C[C@H]3F)c1. The van der Waals surface area contributed by atoms with Crippen molar-refractivity contribution in [2.45, 2.75) is 25.6 Å². The predicted octanol–water partition coefficient (Wildman–Crippen LogP) is 4.62. The van der Waals surface area contributed by atoms with Crippen molar-refractivity contribution < 1.29 is 18.7 Å². The zero-order valence-corrected chi connectivity index (χ0v) is 22.3. The first-order valence-electron chi connectivity index (χ1n) is 13.5. The van der Waals surface area contributed by atoms with E-state index in [0.717, 1.165) is 60.9 Å². The first-order valence-corrected chi connectivity index (χ1v) is 13.5. The van der Waals surface area contributed by atoms with E-state index in [2.05, 4.69) is 25.3 Å². The monoisotopic (exact) mass is 542 g/mol. The van der Waals surface area contributed by atoms with Crippen LogP contribution in [0.2, 0.25) is 0 Å². The minimum Gasteiger partial charge on any atom is -0.492 e. The van der Waals surface area contributed by atoms with Gasteiger partial charge in [0.2, 0.25) is 5.82 Å². The number of pyridine rings is 1. The van der Waals surface area contributed by atoms with Crippen LogP contribution < -0.4 is 10.1 Å². The number of carbonyl (C=O) groups excluding carboxylic acids is 1. The number of hydrogen-bond donors (Lipinski definition) is 1. The smallest absolute Gasteiger partial charge is 0.296 e. The van der Waals surface area contributed by atoms with E-state index in [1.54, 1.807) is 12.3 Å². The molecule has 0 bridgehead atoms. The quantitative estimate of drug-likeness (QED) is 0.347. The van der Waals surface area contributed by atoms with Gasteiger partial charge >= 0.3 is 0 Å². The Balaban J connectivity index is 1.15. The summed E-state index contributed by atoms with van der Waals surface area (Å²) >= 11 is 0. The molecule has 2 aliphatic rings. The number of benzene rings is 2. The van der Waals surface area contributed by atoms with Gasteiger partial charge in [-0.3, -0.25) is 9.69 Å². The lowest BCUT2D eigenvalue weighted by Crippen LogP contribution is -2.38. The molecule has 1 N–H and O–H groups in total. The highest BCUT2D eigenvalue weighted by atomic mass is 19.1. The summed E-state index contributed by atoms with van der Waals surface area (Å²) in [4.78, 5) is 23.9. The second-order valence-electron chi connectivity index (χ2n) is 10.0. The number of nitrogens with zero attached hydrogens (tertiary/aromatic N) is 5. The van der Waals surface area contributed by atoms with Gasteiger partial charge < -0.3 is 14.8 Å². The topological polar surface area (TPSA) is 94.4 Å². The van der Waals surface area contributed by atoms with Gasteiger partial charge in [0, 0.05) is 32.3 Å². The van der Waals surface area contributed by atoms with Crippen LogP contribution in [0.25, 0.3) is 11.1 Å². The van der Waals surface area contributed by atoms with Gasteiger partial charge in [-0.05, 0) is 53.4 Å². The van der Waals surface area contributed by atoms with Gasteiger partial charge in [0.05, 0.1) is 19.3 Å². The molecule has 2 aromatic heterocycles. The summed E-state index contributed by atoms with van der Waals surface area (Å²) in [7, 11) is 0. The molecule has 10 heteroatoms. The van der Waals surface area contributed by atoms with Crippen LogP contribution >= 0.6 is 0 Å². The molecule has 0 aliphatic carbocycles. The van der Waals surface area contributed by atoms with Crippen molar-refractivity contribution >= 4 is 11.7 Å². The van der Waals surface area contributed by atoms with Crippen LogP contribution in [0, 0.1) is 6.92 Å². The Morgan fingerprint density at radius 1 is 1.12 bits per heavy atom. The third kappa shape index (κ3) is 5.59. The number of alkyl halides is 1. The fourth-order valence-electron chi connectivity index (χ4n) is 5.19. The Labute approximate surface area is 232 Å². The van der Waals surface area contributed by atoms with Crippen molar-refractivity contribution in [3.05, 3.63) is 89.6 Å². The molecule has 2 aromatic carbocycles. The van der Waals surface area contributed by atoms with Gasteiger partial charge in [-0.15, -0.1) is 5.10 Å². The molecule has 2 aliphatic heterocycles. The number of rotatable bonds is 8. The van der Waals surface area contributed by atoms with E-state index in [-0.39, 0.29) is 24.1 Å². The normalized spacial score (nSPS) is 18.9. The number of hydrogen-bond acceptors (Lipinski definition) is 7. The number of ether oxygens (including phenoxy) is 2. The maximum atomic E-state index is 14.8. The van der Waals surface area contributed by atoms with Gasteiger partial charge in [-0.25, -0.2) is 19.0 Å². The molecule has 1 fully saturated rings. The molecule has 0 radical (unpaired) electrons. The van der Waals surface area contributed by atoms with Crippen molar-refractivity contribution in [2.75, 3.05) is 44.8 Å². The maximum absolute atomic E-state index is 14.8. The molecule has 1 saturated heterocycles. The van der Waals surface area contributed by atoms with E-state index in [1.165, 1.54) is 4.68 Å². The highest BCUT2D eigenvalue weighted by Gasteiger charge is 2.36. The molecule has 4 aromatic rings. The Kier molecular flexibility index (Phi) is 7.52. The highest BCUT2D eigenvalue weighted by molar-refractivity contribution is 6.01. The molecule has 2 atom stereocenters. The van der Waals surface area contributed by atoms with E-state index in [9.17, 15) is 9.18 Å². The van der Waals surface area contributed by atoms with Gasteiger partial charge in [0.15, 0.2) is 12.0 Å². The number of aromatic nitrogens is 4. The van der Waals surface area contributed by atoms with Crippen LogP contribution in [0.1, 0.15) is 46.2 Å². The molecule has 9 nitrogen and oxygen atoms in total. The van der Waals surface area contributed by atoms with Crippen LogP contribution in [-0.4, -0.2) is 70.0 Å². The molecule has 1 amide bonds. The van der Waals surface area contributed by atoms with Gasteiger partial charge in [-0.1, -0.05) is 36.4 Å². The van der Waals surface area contributed by atoms with Crippen LogP contribution in [0.4, 0.5) is 10.2 Å². The Bertz CT molecular complexity index is 1490. The van der Waals surface area contributed by atoms with Crippen molar-refractivity contribution in [3.8, 4) is 16.9 Å². The molecular formula is C30H31FN6O3. The fourth-order valence-corrected chi connectivity index (χ4v) is 5.19. The van der Waals surface area contributed by atoms with Crippen molar-refractivity contribution in [1.29, 1.82) is 0 Å². The maximum Gasteiger partial charge on any atom is 0.296 e. The lowest BCUT2D eigenvalue weighted by atomic mass is 10.0. The fraction of sp³-hybridized carbons (Fsp3) is 0.333. The van der Waals surface area contributed by atoms with E-state index in [1.807, 2.05) is 61.5 Å². The van der Waals surface area contributed by atoms with Crippen LogP contribution in [0.3, 0.4) is 0 Å². The summed E-state index contributed by atoms with van der Waals surface area (Å²) in [6.45, 7) is 6.84. The summed E-state index contributed by atoms with van der Waals surface area (Å²) < 4.78 is 27.7. The van der Waals surface area contributed by atoms with Crippen LogP contribution in [-0.2, 0) is 4.74 Å². The van der Waals surface area contributed by atoms with Crippen molar-refractivity contribution in [1.82, 2.24) is 24.6 Å². The number of nitrogens with one attached hydrogen (secondary N) is 1. The zero-order valence-electron chi connectivity index (χ0n) is 22.3. The largest absolute Gasteiger partial charge is 0.492 e. The standard InChI is InChI=1S/C30H31FN6O3/c1-20-7-8-23(40-16-13-36-11-14-39-15-12-36)18-24(20)22-9-10-32-27(17-22)33-30(38)28-34-29-25(31)19-26(37(29)35-28)21-5-3-2-4-6-21/h2-10,17-18,25-26H,11-16,19H2,1H3,(H,32,33,38)/t25-,26-/m1/s1. The van der Waals surface area contributed by atoms with Crippen LogP contribution in [0.15, 0.2) is 66.9 Å². The van der Waals surface area contributed by atoms with E-state index in [4.69, 9.17) is 9.47 Å². The minimum atomic E-state index is -1.29. The summed E-state index contributed by atoms with van der Waals surface area (Å²) in [6.07, 6.45) is 0.604. The molecule has 0 saturated carbocycles. The second kappa shape index (κ2) is 11.5. The molecule has 40 heavy (non-hydrogen) atoms. The molecule has 206 valence electrons. The molecule has 6 rings (SSSR count). The van der Waals surface area contributed by atoms with Gasteiger partial charge in [0.1, 0.15) is 18.2 Å². The Hall–Kier alpha value is -4.15. The number of morpholine rings is 1. The summed E-state index contributed by atoms with van der Waals surface area (Å²) in [5, 5.41) is 7.14. The first kappa shape index (κ1) is 26.1. The molecular weight excluding hydrogens is 511 g/mol. The molecule has 4 heterocycles. The number of carbonyl (C=O) groups is 1. The lowest BCUT2D eigenvalue weighted by Gasteiger charge is -2.26. The Morgan fingerprint density at radius 3 is 2.77 bits per heavy atom. The molecule has 0 unspecified atom stereocenters. The number of halogens is 1. The Morgan fingerprint density at radius 2 is 1.95 bits per heavy atom.